The van der Waals surface area contributed by atoms with Gasteiger partial charge in [0.2, 0.25) is 5.91 Å². The summed E-state index contributed by atoms with van der Waals surface area (Å²) < 4.78 is 0. The summed E-state index contributed by atoms with van der Waals surface area (Å²) in [5.41, 5.74) is 9.54. The quantitative estimate of drug-likeness (QED) is 0.684. The van der Waals surface area contributed by atoms with Gasteiger partial charge < -0.3 is 16.2 Å². The van der Waals surface area contributed by atoms with Crippen LogP contribution in [0.15, 0.2) is 12.1 Å². The van der Waals surface area contributed by atoms with E-state index >= 15 is 0 Å². The number of hydrogen-bond donors (Lipinski definition) is 3. The minimum Gasteiger partial charge on any atom is -0.480 e. The minimum atomic E-state index is -1.52. The van der Waals surface area contributed by atoms with Crippen molar-refractivity contribution in [2.75, 3.05) is 0 Å². The molecule has 98 valence electrons. The molecule has 1 aromatic carbocycles. The van der Waals surface area contributed by atoms with Crippen LogP contribution in [0.3, 0.4) is 0 Å². The van der Waals surface area contributed by atoms with Gasteiger partial charge in [-0.1, -0.05) is 12.1 Å². The molecule has 0 spiro atoms. The fourth-order valence-electron chi connectivity index (χ4n) is 1.62. The van der Waals surface area contributed by atoms with Crippen molar-refractivity contribution in [2.45, 2.75) is 33.4 Å². The maximum atomic E-state index is 11.4. The molecule has 0 saturated carbocycles. The Bertz CT molecular complexity index is 483. The number of carboxylic acid groups (broad SMARTS) is 1. The van der Waals surface area contributed by atoms with Crippen LogP contribution in [0, 0.1) is 20.8 Å². The van der Waals surface area contributed by atoms with Gasteiger partial charge in [0.1, 0.15) is 0 Å². The van der Waals surface area contributed by atoms with Crippen molar-refractivity contribution in [3.05, 3.63) is 34.4 Å². The first-order chi connectivity index (χ1) is 8.32. The van der Waals surface area contributed by atoms with E-state index in [4.69, 9.17) is 10.8 Å². The molecule has 0 aliphatic carbocycles. The fraction of sp³-hybridized carbons (Fsp3) is 0.385. The van der Waals surface area contributed by atoms with Gasteiger partial charge in [-0.2, -0.15) is 0 Å². The van der Waals surface area contributed by atoms with Crippen LogP contribution in [0.2, 0.25) is 0 Å². The number of benzene rings is 1. The molecule has 4 N–H and O–H groups in total. The van der Waals surface area contributed by atoms with Gasteiger partial charge in [-0.05, 0) is 43.0 Å². The predicted molar refractivity (Wildman–Crippen MR) is 68.1 cm³/mol. The van der Waals surface area contributed by atoms with Gasteiger partial charge in [-0.25, -0.2) is 4.79 Å². The molecular formula is C13H18N2O3. The van der Waals surface area contributed by atoms with Crippen LogP contribution in [-0.2, 0) is 16.1 Å². The molecule has 0 aliphatic heterocycles. The SMILES string of the molecule is Cc1cc(C)c(CNC(=O)C(N)C(=O)O)cc1C. The number of nitrogens with two attached hydrogens (primary N) is 1. The van der Waals surface area contributed by atoms with Crippen molar-refractivity contribution in [2.24, 2.45) is 5.73 Å². The summed E-state index contributed by atoms with van der Waals surface area (Å²) in [4.78, 5) is 21.9. The zero-order valence-corrected chi connectivity index (χ0v) is 10.8. The summed E-state index contributed by atoms with van der Waals surface area (Å²) in [6.45, 7) is 6.24. The Kier molecular flexibility index (Phi) is 4.44. The highest BCUT2D eigenvalue weighted by Crippen LogP contribution is 2.15. The van der Waals surface area contributed by atoms with E-state index in [0.29, 0.717) is 0 Å². The highest BCUT2D eigenvalue weighted by atomic mass is 16.4. The second-order valence-electron chi connectivity index (χ2n) is 4.40. The van der Waals surface area contributed by atoms with Gasteiger partial charge in [-0.15, -0.1) is 0 Å². The van der Waals surface area contributed by atoms with E-state index in [9.17, 15) is 9.59 Å². The van der Waals surface area contributed by atoms with Gasteiger partial charge in [0.15, 0.2) is 6.04 Å². The first-order valence-corrected chi connectivity index (χ1v) is 5.65. The lowest BCUT2D eigenvalue weighted by Gasteiger charge is -2.12. The number of carboxylic acids is 1. The molecule has 1 aromatic rings. The van der Waals surface area contributed by atoms with Crippen LogP contribution >= 0.6 is 0 Å². The molecule has 5 heteroatoms. The predicted octanol–water partition coefficient (Wildman–Crippen LogP) is 0.640. The molecule has 0 bridgehead atoms. The van der Waals surface area contributed by atoms with Crippen LogP contribution in [0.1, 0.15) is 22.3 Å². The second-order valence-corrected chi connectivity index (χ2v) is 4.40. The van der Waals surface area contributed by atoms with Crippen molar-refractivity contribution in [3.8, 4) is 0 Å². The summed E-state index contributed by atoms with van der Waals surface area (Å²) >= 11 is 0. The molecule has 5 nitrogen and oxygen atoms in total. The van der Waals surface area contributed by atoms with Gasteiger partial charge in [-0.3, -0.25) is 4.79 Å². The number of rotatable bonds is 4. The summed E-state index contributed by atoms with van der Waals surface area (Å²) in [6.07, 6.45) is 0. The van der Waals surface area contributed by atoms with Gasteiger partial charge in [0.25, 0.3) is 0 Å². The molecule has 0 fully saturated rings. The molecule has 0 radical (unpaired) electrons. The van der Waals surface area contributed by atoms with E-state index in [-0.39, 0.29) is 6.54 Å². The zero-order chi connectivity index (χ0) is 13.9. The number of carbonyl (C=O) groups is 2. The third-order valence-corrected chi connectivity index (χ3v) is 2.95. The number of nitrogens with one attached hydrogen (secondary N) is 1. The zero-order valence-electron chi connectivity index (χ0n) is 10.8. The Hall–Kier alpha value is -1.88. The molecular weight excluding hydrogens is 232 g/mol. The van der Waals surface area contributed by atoms with Crippen molar-refractivity contribution in [3.63, 3.8) is 0 Å². The summed E-state index contributed by atoms with van der Waals surface area (Å²) in [7, 11) is 0. The maximum absolute atomic E-state index is 11.4. The molecule has 1 atom stereocenters. The average Bonchev–Trinajstić information content (AvgIpc) is 2.30. The van der Waals surface area contributed by atoms with E-state index in [0.717, 1.165) is 16.7 Å². The van der Waals surface area contributed by atoms with Crippen molar-refractivity contribution < 1.29 is 14.7 Å². The molecule has 0 saturated heterocycles. The van der Waals surface area contributed by atoms with Crippen molar-refractivity contribution >= 4 is 11.9 Å². The molecule has 1 amide bonds. The van der Waals surface area contributed by atoms with Crippen LogP contribution < -0.4 is 11.1 Å². The first kappa shape index (κ1) is 14.2. The fourth-order valence-corrected chi connectivity index (χ4v) is 1.62. The summed E-state index contributed by atoms with van der Waals surface area (Å²) in [6, 6.07) is 2.50. The maximum Gasteiger partial charge on any atom is 0.330 e. The number of aliphatic carboxylic acids is 1. The lowest BCUT2D eigenvalue weighted by Crippen LogP contribution is -2.45. The Labute approximate surface area is 106 Å². The number of amides is 1. The summed E-state index contributed by atoms with van der Waals surface area (Å²) in [5, 5.41) is 11.1. The summed E-state index contributed by atoms with van der Waals surface area (Å²) in [5.74, 6) is -2.01. The van der Waals surface area contributed by atoms with E-state index in [1.165, 1.54) is 5.56 Å². The number of carbonyl (C=O) groups excluding carboxylic acids is 1. The number of aryl methyl sites for hydroxylation is 3. The molecule has 0 aromatic heterocycles. The minimum absolute atomic E-state index is 0.284. The van der Waals surface area contributed by atoms with E-state index in [1.54, 1.807) is 0 Å². The largest absolute Gasteiger partial charge is 0.480 e. The Morgan fingerprint density at radius 1 is 1.22 bits per heavy atom. The van der Waals surface area contributed by atoms with Crippen molar-refractivity contribution in [1.29, 1.82) is 0 Å². The Morgan fingerprint density at radius 3 is 2.33 bits per heavy atom. The molecule has 1 rings (SSSR count). The molecule has 0 aliphatic rings. The molecule has 1 unspecified atom stereocenters. The van der Waals surface area contributed by atoms with E-state index in [2.05, 4.69) is 5.32 Å². The van der Waals surface area contributed by atoms with Crippen molar-refractivity contribution in [1.82, 2.24) is 5.32 Å². The van der Waals surface area contributed by atoms with Crippen LogP contribution in [-0.4, -0.2) is 23.0 Å². The first-order valence-electron chi connectivity index (χ1n) is 5.65. The highest BCUT2D eigenvalue weighted by molar-refractivity contribution is 6.00. The van der Waals surface area contributed by atoms with Gasteiger partial charge in [0, 0.05) is 6.54 Å². The smallest absolute Gasteiger partial charge is 0.330 e. The Balaban J connectivity index is 2.72. The molecule has 18 heavy (non-hydrogen) atoms. The van der Waals surface area contributed by atoms with Crippen LogP contribution in [0.4, 0.5) is 0 Å². The average molecular weight is 250 g/mol. The lowest BCUT2D eigenvalue weighted by molar-refractivity contribution is -0.142. The van der Waals surface area contributed by atoms with Gasteiger partial charge >= 0.3 is 5.97 Å². The standard InChI is InChI=1S/C13H18N2O3/c1-7-4-9(3)10(5-8(7)2)6-15-12(16)11(14)13(17)18/h4-5,11H,6,14H2,1-3H3,(H,15,16)(H,17,18). The topological polar surface area (TPSA) is 92.4 Å². The second kappa shape index (κ2) is 5.64. The Morgan fingerprint density at radius 2 is 1.78 bits per heavy atom. The number of hydrogen-bond acceptors (Lipinski definition) is 3. The van der Waals surface area contributed by atoms with E-state index < -0.39 is 17.9 Å². The molecule has 0 heterocycles. The third-order valence-electron chi connectivity index (χ3n) is 2.95. The van der Waals surface area contributed by atoms with E-state index in [1.807, 2.05) is 32.9 Å². The van der Waals surface area contributed by atoms with Crippen LogP contribution in [0.25, 0.3) is 0 Å². The highest BCUT2D eigenvalue weighted by Gasteiger charge is 2.20. The monoisotopic (exact) mass is 250 g/mol. The third kappa shape index (κ3) is 3.30. The van der Waals surface area contributed by atoms with Gasteiger partial charge in [0.05, 0.1) is 0 Å². The van der Waals surface area contributed by atoms with Crippen LogP contribution in [0.5, 0.6) is 0 Å². The normalized spacial score (nSPS) is 12.0. The lowest BCUT2D eigenvalue weighted by atomic mass is 10.0.